The Balaban J connectivity index is 3.73. The molecule has 100 valence electrons. The maximum absolute atomic E-state index is 11.5. The topological polar surface area (TPSA) is 61.4 Å². The van der Waals surface area contributed by atoms with Crippen LogP contribution in [0.4, 0.5) is 4.79 Å². The molecule has 0 saturated heterocycles. The van der Waals surface area contributed by atoms with Gasteiger partial charge in [-0.15, -0.1) is 0 Å². The number of amides is 3. The number of urea groups is 1. The number of likely N-dealkylation sites (N-methyl/N-ethyl adjacent to an activating group) is 1. The van der Waals surface area contributed by atoms with E-state index in [1.54, 1.807) is 0 Å². The number of imide groups is 1. The van der Waals surface area contributed by atoms with Gasteiger partial charge in [0.25, 0.3) is 0 Å². The first-order valence-electron chi connectivity index (χ1n) is 6.22. The van der Waals surface area contributed by atoms with Crippen molar-refractivity contribution in [3.05, 3.63) is 0 Å². The van der Waals surface area contributed by atoms with E-state index in [1.165, 1.54) is 0 Å². The molecule has 0 aromatic rings. The smallest absolute Gasteiger partial charge is 0.321 e. The van der Waals surface area contributed by atoms with E-state index in [0.29, 0.717) is 12.5 Å². The predicted octanol–water partition coefficient (Wildman–Crippen LogP) is 1.20. The predicted molar refractivity (Wildman–Crippen MR) is 68.8 cm³/mol. The minimum Gasteiger partial charge on any atom is -0.338 e. The Morgan fingerprint density at radius 3 is 2.47 bits per heavy atom. The maximum atomic E-state index is 11.5. The highest BCUT2D eigenvalue weighted by atomic mass is 16.2. The Kier molecular flexibility index (Phi) is 8.40. The molecule has 5 nitrogen and oxygen atoms in total. The number of unbranched alkanes of at least 4 members (excludes halogenated alkanes) is 1. The number of hydrogen-bond donors (Lipinski definition) is 2. The van der Waals surface area contributed by atoms with Gasteiger partial charge in [0.15, 0.2) is 0 Å². The molecule has 0 bridgehead atoms. The van der Waals surface area contributed by atoms with Crippen LogP contribution in [-0.4, -0.2) is 43.5 Å². The molecule has 2 N–H and O–H groups in total. The lowest BCUT2D eigenvalue weighted by molar-refractivity contribution is -0.120. The number of carbonyl (C=O) groups is 2. The van der Waals surface area contributed by atoms with Crippen molar-refractivity contribution in [1.29, 1.82) is 0 Å². The highest BCUT2D eigenvalue weighted by Gasteiger charge is 2.09. The second-order valence-corrected chi connectivity index (χ2v) is 4.74. The summed E-state index contributed by atoms with van der Waals surface area (Å²) in [6, 6.07) is -0.410. The van der Waals surface area contributed by atoms with E-state index in [-0.39, 0.29) is 12.5 Å². The summed E-state index contributed by atoms with van der Waals surface area (Å²) in [6.45, 7) is 7.81. The van der Waals surface area contributed by atoms with E-state index in [4.69, 9.17) is 0 Å². The SMILES string of the molecule is CCCCN(C)CC(=O)NC(=O)NCC(C)C. The minimum absolute atomic E-state index is 0.259. The van der Waals surface area contributed by atoms with Gasteiger partial charge >= 0.3 is 6.03 Å². The summed E-state index contributed by atoms with van der Waals surface area (Å²) in [4.78, 5) is 24.7. The summed E-state index contributed by atoms with van der Waals surface area (Å²) in [6.07, 6.45) is 2.16. The van der Waals surface area contributed by atoms with E-state index in [0.717, 1.165) is 19.4 Å². The van der Waals surface area contributed by atoms with Crippen molar-refractivity contribution in [2.75, 3.05) is 26.7 Å². The van der Waals surface area contributed by atoms with Crippen LogP contribution in [0, 0.1) is 5.92 Å². The molecule has 3 amide bonds. The largest absolute Gasteiger partial charge is 0.338 e. The molecule has 0 rings (SSSR count). The van der Waals surface area contributed by atoms with Crippen molar-refractivity contribution in [2.24, 2.45) is 5.92 Å². The summed E-state index contributed by atoms with van der Waals surface area (Å²) >= 11 is 0. The molecule has 0 unspecified atom stereocenters. The third-order valence-corrected chi connectivity index (χ3v) is 2.23. The summed E-state index contributed by atoms with van der Waals surface area (Å²) in [7, 11) is 1.88. The van der Waals surface area contributed by atoms with Gasteiger partial charge in [-0.25, -0.2) is 4.79 Å². The summed E-state index contributed by atoms with van der Waals surface area (Å²) in [5.41, 5.74) is 0. The molecular weight excluding hydrogens is 218 g/mol. The molecule has 0 spiro atoms. The second kappa shape index (κ2) is 8.98. The number of carbonyl (C=O) groups excluding carboxylic acids is 2. The Hall–Kier alpha value is -1.10. The fraction of sp³-hybridized carbons (Fsp3) is 0.833. The zero-order chi connectivity index (χ0) is 13.3. The molecule has 0 aromatic heterocycles. The molecule has 0 aliphatic rings. The second-order valence-electron chi connectivity index (χ2n) is 4.74. The lowest BCUT2D eigenvalue weighted by Gasteiger charge is -2.15. The first-order valence-corrected chi connectivity index (χ1v) is 6.22. The van der Waals surface area contributed by atoms with Crippen LogP contribution in [0.15, 0.2) is 0 Å². The van der Waals surface area contributed by atoms with E-state index < -0.39 is 6.03 Å². The quantitative estimate of drug-likeness (QED) is 0.706. The Morgan fingerprint density at radius 2 is 1.94 bits per heavy atom. The van der Waals surface area contributed by atoms with Crippen LogP contribution < -0.4 is 10.6 Å². The number of hydrogen-bond acceptors (Lipinski definition) is 3. The summed E-state index contributed by atoms with van der Waals surface area (Å²) < 4.78 is 0. The molecule has 17 heavy (non-hydrogen) atoms. The van der Waals surface area contributed by atoms with Gasteiger partial charge < -0.3 is 5.32 Å². The number of nitrogens with one attached hydrogen (secondary N) is 2. The highest BCUT2D eigenvalue weighted by Crippen LogP contribution is 1.91. The molecule has 0 atom stereocenters. The average Bonchev–Trinajstić information content (AvgIpc) is 2.23. The monoisotopic (exact) mass is 243 g/mol. The van der Waals surface area contributed by atoms with Gasteiger partial charge in [-0.2, -0.15) is 0 Å². The number of rotatable bonds is 7. The van der Waals surface area contributed by atoms with Crippen LogP contribution in [-0.2, 0) is 4.79 Å². The molecule has 0 aliphatic carbocycles. The lowest BCUT2D eigenvalue weighted by Crippen LogP contribution is -2.44. The van der Waals surface area contributed by atoms with E-state index in [1.807, 2.05) is 25.8 Å². The Labute approximate surface area is 104 Å². The van der Waals surface area contributed by atoms with Crippen molar-refractivity contribution in [3.63, 3.8) is 0 Å². The standard InChI is InChI=1S/C12H25N3O2/c1-5-6-7-15(4)9-11(16)14-12(17)13-8-10(2)3/h10H,5-9H2,1-4H3,(H2,13,14,16,17). The highest BCUT2D eigenvalue weighted by molar-refractivity contribution is 5.95. The van der Waals surface area contributed by atoms with Gasteiger partial charge in [-0.3, -0.25) is 15.0 Å². The van der Waals surface area contributed by atoms with Crippen molar-refractivity contribution >= 4 is 11.9 Å². The van der Waals surface area contributed by atoms with Gasteiger partial charge in [-0.1, -0.05) is 27.2 Å². The van der Waals surface area contributed by atoms with Crippen LogP contribution in [0.25, 0.3) is 0 Å². The Bertz CT molecular complexity index is 242. The molecular formula is C12H25N3O2. The normalized spacial score (nSPS) is 10.7. The molecule has 0 radical (unpaired) electrons. The fourth-order valence-corrected chi connectivity index (χ4v) is 1.26. The Morgan fingerprint density at radius 1 is 1.29 bits per heavy atom. The van der Waals surface area contributed by atoms with Gasteiger partial charge in [-0.05, 0) is 25.9 Å². The summed E-state index contributed by atoms with van der Waals surface area (Å²) in [5, 5.41) is 4.95. The first kappa shape index (κ1) is 15.9. The van der Waals surface area contributed by atoms with E-state index >= 15 is 0 Å². The lowest BCUT2D eigenvalue weighted by atomic mass is 10.2. The fourth-order valence-electron chi connectivity index (χ4n) is 1.26. The molecule has 0 saturated carbocycles. The first-order chi connectivity index (χ1) is 7.95. The zero-order valence-electron chi connectivity index (χ0n) is 11.4. The number of nitrogens with zero attached hydrogens (tertiary/aromatic N) is 1. The molecule has 5 heteroatoms. The zero-order valence-corrected chi connectivity index (χ0v) is 11.4. The maximum Gasteiger partial charge on any atom is 0.321 e. The molecule has 0 aliphatic heterocycles. The molecule has 0 aromatic carbocycles. The average molecular weight is 243 g/mol. The third-order valence-electron chi connectivity index (χ3n) is 2.23. The van der Waals surface area contributed by atoms with E-state index in [2.05, 4.69) is 17.6 Å². The third kappa shape index (κ3) is 9.81. The van der Waals surface area contributed by atoms with E-state index in [9.17, 15) is 9.59 Å². The van der Waals surface area contributed by atoms with Crippen LogP contribution in [0.2, 0.25) is 0 Å². The summed E-state index contributed by atoms with van der Waals surface area (Å²) in [5.74, 6) is 0.118. The van der Waals surface area contributed by atoms with Crippen molar-refractivity contribution in [3.8, 4) is 0 Å². The van der Waals surface area contributed by atoms with Crippen molar-refractivity contribution in [2.45, 2.75) is 33.6 Å². The molecule has 0 heterocycles. The van der Waals surface area contributed by atoms with Gasteiger partial charge in [0.1, 0.15) is 0 Å². The molecule has 0 fully saturated rings. The van der Waals surface area contributed by atoms with Crippen LogP contribution >= 0.6 is 0 Å². The van der Waals surface area contributed by atoms with Gasteiger partial charge in [0.05, 0.1) is 6.54 Å². The van der Waals surface area contributed by atoms with Crippen molar-refractivity contribution < 1.29 is 9.59 Å². The van der Waals surface area contributed by atoms with Gasteiger partial charge in [0, 0.05) is 6.54 Å². The van der Waals surface area contributed by atoms with Crippen LogP contribution in [0.3, 0.4) is 0 Å². The van der Waals surface area contributed by atoms with Crippen LogP contribution in [0.5, 0.6) is 0 Å². The van der Waals surface area contributed by atoms with Crippen molar-refractivity contribution in [1.82, 2.24) is 15.5 Å². The minimum atomic E-state index is -0.410. The van der Waals surface area contributed by atoms with Gasteiger partial charge in [0.2, 0.25) is 5.91 Å². The van der Waals surface area contributed by atoms with Crippen LogP contribution in [0.1, 0.15) is 33.6 Å².